The Morgan fingerprint density at radius 3 is 2.50 bits per heavy atom. The quantitative estimate of drug-likeness (QED) is 0.893. The second-order valence-corrected chi connectivity index (χ2v) is 5.62. The van der Waals surface area contributed by atoms with Crippen molar-refractivity contribution in [2.75, 3.05) is 32.8 Å². The first kappa shape index (κ1) is 15.9. The van der Waals surface area contributed by atoms with Gasteiger partial charge in [0.15, 0.2) is 0 Å². The molecule has 1 aromatic rings. The van der Waals surface area contributed by atoms with Crippen molar-refractivity contribution in [3.63, 3.8) is 0 Å². The molecular formula is C13H16Cl2F2N2O. The molecule has 2 N–H and O–H groups in total. The maximum absolute atomic E-state index is 14.2. The van der Waals surface area contributed by atoms with Crippen molar-refractivity contribution in [2.45, 2.75) is 12.0 Å². The number of nitrogens with one attached hydrogen (secondary N) is 1. The molecule has 0 saturated carbocycles. The number of hydrogen-bond donors (Lipinski definition) is 2. The molecule has 1 fully saturated rings. The Labute approximate surface area is 126 Å². The topological polar surface area (TPSA) is 35.5 Å². The molecule has 1 saturated heterocycles. The van der Waals surface area contributed by atoms with E-state index in [9.17, 15) is 8.78 Å². The fourth-order valence-electron chi connectivity index (χ4n) is 2.44. The van der Waals surface area contributed by atoms with Crippen LogP contribution in [0.5, 0.6) is 0 Å². The lowest BCUT2D eigenvalue weighted by Gasteiger charge is -2.39. The fourth-order valence-corrected chi connectivity index (χ4v) is 2.95. The third-order valence-electron chi connectivity index (χ3n) is 3.38. The summed E-state index contributed by atoms with van der Waals surface area (Å²) < 4.78 is 28.3. The van der Waals surface area contributed by atoms with Crippen LogP contribution in [0.4, 0.5) is 8.78 Å². The van der Waals surface area contributed by atoms with Crippen LogP contribution in [0.3, 0.4) is 0 Å². The highest BCUT2D eigenvalue weighted by atomic mass is 35.5. The second-order valence-electron chi connectivity index (χ2n) is 4.77. The molecule has 0 aromatic heterocycles. The van der Waals surface area contributed by atoms with Gasteiger partial charge in [0.2, 0.25) is 0 Å². The predicted octanol–water partition coefficient (Wildman–Crippen LogP) is 2.57. The van der Waals surface area contributed by atoms with E-state index in [0.717, 1.165) is 0 Å². The minimum atomic E-state index is -3.27. The molecule has 7 heteroatoms. The average molecular weight is 325 g/mol. The van der Waals surface area contributed by atoms with Gasteiger partial charge in [-0.3, -0.25) is 4.90 Å². The van der Waals surface area contributed by atoms with E-state index in [2.05, 4.69) is 5.32 Å². The van der Waals surface area contributed by atoms with E-state index in [4.69, 9.17) is 28.3 Å². The van der Waals surface area contributed by atoms with E-state index in [1.54, 1.807) is 4.90 Å². The monoisotopic (exact) mass is 324 g/mol. The van der Waals surface area contributed by atoms with E-state index in [-0.39, 0.29) is 10.6 Å². The number of hydrogen-bond acceptors (Lipinski definition) is 3. The molecule has 0 aliphatic carbocycles. The fraction of sp³-hybridized carbons (Fsp3) is 0.538. The Balaban J connectivity index is 2.39. The molecule has 1 aromatic carbocycles. The van der Waals surface area contributed by atoms with Gasteiger partial charge < -0.3 is 10.4 Å². The van der Waals surface area contributed by atoms with E-state index < -0.39 is 18.6 Å². The highest BCUT2D eigenvalue weighted by Gasteiger charge is 2.44. The standard InChI is InChI=1S/C13H16Cl2F2N2O/c14-9-1-2-10(11(15)7-9)12(13(16,17)8-20)19-5-3-18-4-6-19/h1-2,7,12,18,20H,3-6,8H2/t12-/m0/s1. The van der Waals surface area contributed by atoms with Crippen molar-refractivity contribution in [1.82, 2.24) is 10.2 Å². The minimum absolute atomic E-state index is 0.189. The van der Waals surface area contributed by atoms with Crippen LogP contribution in [0.25, 0.3) is 0 Å². The number of aliphatic hydroxyl groups is 1. The Morgan fingerprint density at radius 2 is 1.95 bits per heavy atom. The third-order valence-corrected chi connectivity index (χ3v) is 3.95. The van der Waals surface area contributed by atoms with Crippen molar-refractivity contribution in [2.24, 2.45) is 0 Å². The summed E-state index contributed by atoms with van der Waals surface area (Å²) in [6.07, 6.45) is 0. The molecule has 0 bridgehead atoms. The molecule has 1 atom stereocenters. The van der Waals surface area contributed by atoms with Gasteiger partial charge in [-0.1, -0.05) is 29.3 Å². The molecule has 0 radical (unpaired) electrons. The van der Waals surface area contributed by atoms with Crippen LogP contribution in [-0.2, 0) is 0 Å². The molecule has 112 valence electrons. The normalized spacial score (nSPS) is 19.1. The van der Waals surface area contributed by atoms with Crippen molar-refractivity contribution >= 4 is 23.2 Å². The first-order valence-electron chi connectivity index (χ1n) is 6.34. The van der Waals surface area contributed by atoms with E-state index in [0.29, 0.717) is 31.2 Å². The van der Waals surface area contributed by atoms with Gasteiger partial charge in [-0.25, -0.2) is 8.78 Å². The summed E-state index contributed by atoms with van der Waals surface area (Å²) in [5.74, 6) is -3.27. The van der Waals surface area contributed by atoms with Crippen LogP contribution in [0.15, 0.2) is 18.2 Å². The summed E-state index contributed by atoms with van der Waals surface area (Å²) in [4.78, 5) is 1.64. The first-order chi connectivity index (χ1) is 9.45. The van der Waals surface area contributed by atoms with Gasteiger partial charge in [0.25, 0.3) is 5.92 Å². The summed E-state index contributed by atoms with van der Waals surface area (Å²) in [6.45, 7) is 0.978. The van der Waals surface area contributed by atoms with Crippen molar-refractivity contribution in [3.05, 3.63) is 33.8 Å². The Bertz CT molecular complexity index is 468. The summed E-state index contributed by atoms with van der Waals surface area (Å²) >= 11 is 11.9. The van der Waals surface area contributed by atoms with E-state index in [1.165, 1.54) is 18.2 Å². The molecular weight excluding hydrogens is 309 g/mol. The predicted molar refractivity (Wildman–Crippen MR) is 75.7 cm³/mol. The highest BCUT2D eigenvalue weighted by molar-refractivity contribution is 6.35. The lowest BCUT2D eigenvalue weighted by molar-refractivity contribution is -0.118. The van der Waals surface area contributed by atoms with E-state index >= 15 is 0 Å². The molecule has 1 aliphatic rings. The van der Waals surface area contributed by atoms with Gasteiger partial charge in [-0.05, 0) is 17.7 Å². The summed E-state index contributed by atoms with van der Waals surface area (Å²) in [7, 11) is 0. The summed E-state index contributed by atoms with van der Waals surface area (Å²) in [6, 6.07) is 3.23. The molecule has 0 unspecified atom stereocenters. The largest absolute Gasteiger partial charge is 0.390 e. The van der Waals surface area contributed by atoms with Crippen LogP contribution in [0.2, 0.25) is 10.0 Å². The lowest BCUT2D eigenvalue weighted by atomic mass is 9.98. The van der Waals surface area contributed by atoms with Crippen molar-refractivity contribution < 1.29 is 13.9 Å². The van der Waals surface area contributed by atoms with Gasteiger partial charge >= 0.3 is 0 Å². The van der Waals surface area contributed by atoms with Gasteiger partial charge in [0.05, 0.1) is 0 Å². The SMILES string of the molecule is OCC(F)(F)[C@H](c1ccc(Cl)cc1Cl)N1CCNCC1. The third kappa shape index (κ3) is 3.40. The number of piperazine rings is 1. The molecule has 3 nitrogen and oxygen atoms in total. The average Bonchev–Trinajstić information content (AvgIpc) is 2.43. The van der Waals surface area contributed by atoms with Crippen LogP contribution in [-0.4, -0.2) is 48.7 Å². The Kier molecular flexibility index (Phi) is 5.20. The number of halogens is 4. The number of rotatable bonds is 4. The number of aliphatic hydroxyl groups excluding tert-OH is 1. The zero-order valence-electron chi connectivity index (χ0n) is 10.8. The van der Waals surface area contributed by atoms with Gasteiger partial charge in [-0.2, -0.15) is 0 Å². The van der Waals surface area contributed by atoms with Gasteiger partial charge in [0.1, 0.15) is 12.6 Å². The van der Waals surface area contributed by atoms with Gasteiger partial charge in [-0.15, -0.1) is 0 Å². The lowest BCUT2D eigenvalue weighted by Crippen LogP contribution is -2.51. The molecule has 20 heavy (non-hydrogen) atoms. The second kappa shape index (κ2) is 6.54. The van der Waals surface area contributed by atoms with Crippen LogP contribution in [0, 0.1) is 0 Å². The van der Waals surface area contributed by atoms with Crippen LogP contribution < -0.4 is 5.32 Å². The summed E-state index contributed by atoms with van der Waals surface area (Å²) in [5.41, 5.74) is 0.289. The minimum Gasteiger partial charge on any atom is -0.390 e. The molecule has 2 rings (SSSR count). The number of nitrogens with zero attached hydrogens (tertiary/aromatic N) is 1. The zero-order chi connectivity index (χ0) is 14.8. The number of alkyl halides is 2. The Hall–Kier alpha value is -0.460. The smallest absolute Gasteiger partial charge is 0.289 e. The maximum atomic E-state index is 14.2. The molecule has 1 aliphatic heterocycles. The first-order valence-corrected chi connectivity index (χ1v) is 7.09. The molecule has 1 heterocycles. The number of benzene rings is 1. The van der Waals surface area contributed by atoms with Crippen molar-refractivity contribution in [1.29, 1.82) is 0 Å². The van der Waals surface area contributed by atoms with E-state index in [1.807, 2.05) is 0 Å². The summed E-state index contributed by atoms with van der Waals surface area (Å²) in [5, 5.41) is 12.7. The highest BCUT2D eigenvalue weighted by Crippen LogP contribution is 2.40. The zero-order valence-corrected chi connectivity index (χ0v) is 12.3. The maximum Gasteiger partial charge on any atom is 0.289 e. The van der Waals surface area contributed by atoms with Crippen LogP contribution in [0.1, 0.15) is 11.6 Å². The molecule has 0 amide bonds. The Morgan fingerprint density at radius 1 is 1.30 bits per heavy atom. The van der Waals surface area contributed by atoms with Crippen LogP contribution >= 0.6 is 23.2 Å². The van der Waals surface area contributed by atoms with Gasteiger partial charge in [0, 0.05) is 36.2 Å². The van der Waals surface area contributed by atoms with Crippen molar-refractivity contribution in [3.8, 4) is 0 Å². The molecule has 0 spiro atoms.